The van der Waals surface area contributed by atoms with Gasteiger partial charge < -0.3 is 5.32 Å². The lowest BCUT2D eigenvalue weighted by Crippen LogP contribution is -2.14. The molecule has 2 N–H and O–H groups in total. The molecule has 0 aliphatic rings. The number of pyridine rings is 1. The van der Waals surface area contributed by atoms with E-state index in [0.717, 1.165) is 0 Å². The highest BCUT2D eigenvalue weighted by Gasteiger charge is 2.16. The van der Waals surface area contributed by atoms with Crippen molar-refractivity contribution in [2.75, 3.05) is 16.6 Å². The fourth-order valence-corrected chi connectivity index (χ4v) is 2.81. The van der Waals surface area contributed by atoms with Gasteiger partial charge in [0.05, 0.1) is 5.69 Å². The average Bonchev–Trinajstić information content (AvgIpc) is 2.45. The van der Waals surface area contributed by atoms with Gasteiger partial charge in [-0.2, -0.15) is 0 Å². The molecule has 112 valence electrons. The maximum atomic E-state index is 13.4. The fraction of sp³-hybridized carbons (Fsp3) is 0.214. The van der Waals surface area contributed by atoms with Crippen LogP contribution in [0.25, 0.3) is 0 Å². The van der Waals surface area contributed by atoms with Crippen LogP contribution in [0.3, 0.4) is 0 Å². The zero-order valence-corrected chi connectivity index (χ0v) is 12.5. The largest absolute Gasteiger partial charge is 0.370 e. The number of hydrogen-bond acceptors (Lipinski definition) is 4. The summed E-state index contributed by atoms with van der Waals surface area (Å²) in [5.41, 5.74) is 0.462. The first-order chi connectivity index (χ1) is 9.94. The Labute approximate surface area is 123 Å². The lowest BCUT2D eigenvalue weighted by atomic mass is 10.2. The first kappa shape index (κ1) is 15.2. The molecule has 0 atom stereocenters. The number of halogens is 1. The molecule has 5 nitrogen and oxygen atoms in total. The van der Waals surface area contributed by atoms with E-state index >= 15 is 0 Å². The van der Waals surface area contributed by atoms with Gasteiger partial charge in [0, 0.05) is 18.3 Å². The highest BCUT2D eigenvalue weighted by molar-refractivity contribution is 7.92. The summed E-state index contributed by atoms with van der Waals surface area (Å²) >= 11 is 0. The minimum atomic E-state index is -3.79. The third-order valence-electron chi connectivity index (χ3n) is 2.92. The zero-order chi connectivity index (χ0) is 15.5. The van der Waals surface area contributed by atoms with Gasteiger partial charge in [0.1, 0.15) is 16.5 Å². The van der Waals surface area contributed by atoms with Crippen LogP contribution in [0.15, 0.2) is 41.4 Å². The summed E-state index contributed by atoms with van der Waals surface area (Å²) in [5, 5.41) is 2.98. The molecule has 0 radical (unpaired) electrons. The standard InChI is InChI=1S/C14H16FN3O2S/c1-3-16-14-8-7-11(9-17-14)21(19,20)18-13-6-4-5-12(15)10(13)2/h4-9,18H,3H2,1-2H3,(H,16,17). The Morgan fingerprint density at radius 1 is 1.24 bits per heavy atom. The van der Waals surface area contributed by atoms with Crippen molar-refractivity contribution in [3.05, 3.63) is 47.9 Å². The van der Waals surface area contributed by atoms with Crippen LogP contribution in [0.4, 0.5) is 15.9 Å². The van der Waals surface area contributed by atoms with Crippen LogP contribution >= 0.6 is 0 Å². The molecule has 7 heteroatoms. The number of sulfonamides is 1. The first-order valence-corrected chi connectivity index (χ1v) is 7.90. The molecule has 0 aliphatic heterocycles. The molecule has 2 rings (SSSR count). The van der Waals surface area contributed by atoms with Crippen LogP contribution in [-0.2, 0) is 10.0 Å². The van der Waals surface area contributed by atoms with E-state index in [-0.39, 0.29) is 16.1 Å². The number of benzene rings is 1. The molecular weight excluding hydrogens is 293 g/mol. The minimum absolute atomic E-state index is 0.0211. The van der Waals surface area contributed by atoms with Gasteiger partial charge in [-0.05, 0) is 38.1 Å². The van der Waals surface area contributed by atoms with Gasteiger partial charge in [0.25, 0.3) is 10.0 Å². The average molecular weight is 309 g/mol. The summed E-state index contributed by atoms with van der Waals surface area (Å²) in [6.45, 7) is 4.13. The van der Waals surface area contributed by atoms with E-state index in [1.165, 1.54) is 37.4 Å². The van der Waals surface area contributed by atoms with Gasteiger partial charge in [0.15, 0.2) is 0 Å². The summed E-state index contributed by atoms with van der Waals surface area (Å²) in [5.74, 6) is 0.134. The summed E-state index contributed by atoms with van der Waals surface area (Å²) in [4.78, 5) is 4.03. The van der Waals surface area contributed by atoms with Gasteiger partial charge in [0.2, 0.25) is 0 Å². The molecule has 1 heterocycles. The van der Waals surface area contributed by atoms with E-state index in [1.54, 1.807) is 6.07 Å². The summed E-state index contributed by atoms with van der Waals surface area (Å²) in [6.07, 6.45) is 1.26. The van der Waals surface area contributed by atoms with Gasteiger partial charge in [-0.3, -0.25) is 4.72 Å². The molecule has 21 heavy (non-hydrogen) atoms. The molecule has 0 amide bonds. The van der Waals surface area contributed by atoms with Crippen molar-refractivity contribution in [2.24, 2.45) is 0 Å². The van der Waals surface area contributed by atoms with Crippen molar-refractivity contribution in [1.29, 1.82) is 0 Å². The van der Waals surface area contributed by atoms with Crippen LogP contribution in [0.2, 0.25) is 0 Å². The predicted molar refractivity (Wildman–Crippen MR) is 80.3 cm³/mol. The molecule has 0 saturated heterocycles. The Morgan fingerprint density at radius 2 is 2.00 bits per heavy atom. The highest BCUT2D eigenvalue weighted by Crippen LogP contribution is 2.21. The van der Waals surface area contributed by atoms with E-state index in [1.807, 2.05) is 6.92 Å². The quantitative estimate of drug-likeness (QED) is 0.891. The number of hydrogen-bond donors (Lipinski definition) is 2. The van der Waals surface area contributed by atoms with Crippen LogP contribution in [0, 0.1) is 12.7 Å². The third-order valence-corrected chi connectivity index (χ3v) is 4.27. The van der Waals surface area contributed by atoms with Crippen molar-refractivity contribution in [2.45, 2.75) is 18.7 Å². The monoisotopic (exact) mass is 309 g/mol. The van der Waals surface area contributed by atoms with Crippen molar-refractivity contribution in [1.82, 2.24) is 4.98 Å². The molecule has 0 saturated carbocycles. The molecule has 0 fully saturated rings. The smallest absolute Gasteiger partial charge is 0.263 e. The van der Waals surface area contributed by atoms with Crippen LogP contribution in [0.1, 0.15) is 12.5 Å². The van der Waals surface area contributed by atoms with E-state index in [0.29, 0.717) is 12.4 Å². The molecule has 2 aromatic rings. The van der Waals surface area contributed by atoms with Crippen molar-refractivity contribution in [3.8, 4) is 0 Å². The SMILES string of the molecule is CCNc1ccc(S(=O)(=O)Nc2cccc(F)c2C)cn1. The minimum Gasteiger partial charge on any atom is -0.370 e. The van der Waals surface area contributed by atoms with E-state index in [2.05, 4.69) is 15.0 Å². The second-order valence-electron chi connectivity index (χ2n) is 4.43. The first-order valence-electron chi connectivity index (χ1n) is 6.42. The molecule has 0 spiro atoms. The number of rotatable bonds is 5. The number of nitrogens with one attached hydrogen (secondary N) is 2. The summed E-state index contributed by atoms with van der Waals surface area (Å²) in [6, 6.07) is 7.27. The Balaban J connectivity index is 2.27. The van der Waals surface area contributed by atoms with Gasteiger partial charge in [-0.25, -0.2) is 17.8 Å². The maximum absolute atomic E-state index is 13.4. The Hall–Kier alpha value is -2.15. The summed E-state index contributed by atoms with van der Waals surface area (Å²) < 4.78 is 40.3. The van der Waals surface area contributed by atoms with Crippen molar-refractivity contribution in [3.63, 3.8) is 0 Å². The van der Waals surface area contributed by atoms with Crippen LogP contribution < -0.4 is 10.0 Å². The van der Waals surface area contributed by atoms with E-state index in [4.69, 9.17) is 0 Å². The Bertz CT molecular complexity index is 730. The predicted octanol–water partition coefficient (Wildman–Crippen LogP) is 2.76. The molecule has 0 aliphatic carbocycles. The second kappa shape index (κ2) is 6.09. The Morgan fingerprint density at radius 3 is 2.62 bits per heavy atom. The Kier molecular flexibility index (Phi) is 4.42. The van der Waals surface area contributed by atoms with E-state index in [9.17, 15) is 12.8 Å². The van der Waals surface area contributed by atoms with Crippen LogP contribution in [-0.4, -0.2) is 19.9 Å². The third kappa shape index (κ3) is 3.49. The number of nitrogens with zero attached hydrogens (tertiary/aromatic N) is 1. The molecule has 0 unspecified atom stereocenters. The van der Waals surface area contributed by atoms with Gasteiger partial charge in [-0.15, -0.1) is 0 Å². The van der Waals surface area contributed by atoms with E-state index < -0.39 is 15.8 Å². The highest BCUT2D eigenvalue weighted by atomic mass is 32.2. The molecule has 1 aromatic heterocycles. The lowest BCUT2D eigenvalue weighted by Gasteiger charge is -2.11. The molecule has 0 bridgehead atoms. The maximum Gasteiger partial charge on any atom is 0.263 e. The number of anilines is 2. The molecule has 1 aromatic carbocycles. The topological polar surface area (TPSA) is 71.1 Å². The molecular formula is C14H16FN3O2S. The van der Waals surface area contributed by atoms with Crippen LogP contribution in [0.5, 0.6) is 0 Å². The normalized spacial score (nSPS) is 11.2. The zero-order valence-electron chi connectivity index (χ0n) is 11.7. The summed E-state index contributed by atoms with van der Waals surface area (Å²) in [7, 11) is -3.79. The van der Waals surface area contributed by atoms with Crippen molar-refractivity contribution >= 4 is 21.5 Å². The number of aromatic nitrogens is 1. The van der Waals surface area contributed by atoms with Gasteiger partial charge >= 0.3 is 0 Å². The second-order valence-corrected chi connectivity index (χ2v) is 6.11. The van der Waals surface area contributed by atoms with Gasteiger partial charge in [-0.1, -0.05) is 6.07 Å². The lowest BCUT2D eigenvalue weighted by molar-refractivity contribution is 0.600. The van der Waals surface area contributed by atoms with Crippen molar-refractivity contribution < 1.29 is 12.8 Å². The fourth-order valence-electron chi connectivity index (χ4n) is 1.75.